The highest BCUT2D eigenvalue weighted by Crippen LogP contribution is 2.50. The molecule has 3 rings (SSSR count). The zero-order valence-electron chi connectivity index (χ0n) is 12.7. The van der Waals surface area contributed by atoms with Gasteiger partial charge in [0.1, 0.15) is 5.75 Å². The molecular weight excluding hydrogens is 266 g/mol. The Bertz CT molecular complexity index is 665. The van der Waals surface area contributed by atoms with Gasteiger partial charge < -0.3 is 19.1 Å². The van der Waals surface area contributed by atoms with Gasteiger partial charge in [-0.3, -0.25) is 0 Å². The molecule has 4 nitrogen and oxygen atoms in total. The number of methoxy groups -OCH3 is 3. The molecule has 0 radical (unpaired) electrons. The fourth-order valence-electron chi connectivity index (χ4n) is 3.04. The minimum Gasteiger partial charge on any atom is -0.497 e. The van der Waals surface area contributed by atoms with E-state index in [2.05, 4.69) is 11.0 Å². The highest BCUT2D eigenvalue weighted by molar-refractivity contribution is 5.76. The average molecular weight is 285 g/mol. The van der Waals surface area contributed by atoms with Gasteiger partial charge in [-0.05, 0) is 24.3 Å². The first-order valence-corrected chi connectivity index (χ1v) is 6.80. The molecule has 21 heavy (non-hydrogen) atoms. The van der Waals surface area contributed by atoms with Gasteiger partial charge in [0.2, 0.25) is 5.79 Å². The van der Waals surface area contributed by atoms with Crippen molar-refractivity contribution in [3.05, 3.63) is 53.6 Å². The van der Waals surface area contributed by atoms with Crippen molar-refractivity contribution in [1.29, 1.82) is 0 Å². The van der Waals surface area contributed by atoms with Crippen LogP contribution in [0.4, 0.5) is 11.4 Å². The Morgan fingerprint density at radius 2 is 1.52 bits per heavy atom. The maximum atomic E-state index is 5.82. The van der Waals surface area contributed by atoms with E-state index in [-0.39, 0.29) is 0 Å². The van der Waals surface area contributed by atoms with Gasteiger partial charge in [0.25, 0.3) is 0 Å². The number of fused-ring (bicyclic) bond motifs is 2. The van der Waals surface area contributed by atoms with Gasteiger partial charge in [0, 0.05) is 38.1 Å². The Kier molecular flexibility index (Phi) is 3.35. The van der Waals surface area contributed by atoms with E-state index in [1.807, 2.05) is 43.4 Å². The molecule has 0 saturated carbocycles. The first-order valence-electron chi connectivity index (χ1n) is 6.80. The summed E-state index contributed by atoms with van der Waals surface area (Å²) in [5.74, 6) is -0.146. The molecule has 0 fully saturated rings. The molecule has 1 heterocycles. The van der Waals surface area contributed by atoms with Crippen LogP contribution in [0.2, 0.25) is 0 Å². The summed E-state index contributed by atoms with van der Waals surface area (Å²) in [5, 5.41) is 0. The maximum Gasteiger partial charge on any atom is 0.226 e. The number of rotatable bonds is 3. The van der Waals surface area contributed by atoms with Gasteiger partial charge in [-0.25, -0.2) is 0 Å². The van der Waals surface area contributed by atoms with Crippen LogP contribution in [0.15, 0.2) is 42.5 Å². The summed E-state index contributed by atoms with van der Waals surface area (Å²) in [6, 6.07) is 14.0. The summed E-state index contributed by atoms with van der Waals surface area (Å²) < 4.78 is 17.0. The third-order valence-corrected chi connectivity index (χ3v) is 4.11. The smallest absolute Gasteiger partial charge is 0.226 e. The van der Waals surface area contributed by atoms with E-state index in [4.69, 9.17) is 14.2 Å². The van der Waals surface area contributed by atoms with Crippen LogP contribution in [0.25, 0.3) is 0 Å². The lowest BCUT2D eigenvalue weighted by Gasteiger charge is -2.42. The maximum absolute atomic E-state index is 5.82. The van der Waals surface area contributed by atoms with Crippen LogP contribution >= 0.6 is 0 Å². The van der Waals surface area contributed by atoms with Gasteiger partial charge in [-0.15, -0.1) is 0 Å². The Hall–Kier alpha value is -2.04. The van der Waals surface area contributed by atoms with Crippen LogP contribution in [-0.4, -0.2) is 28.4 Å². The number of hydrogen-bond donors (Lipinski definition) is 0. The van der Waals surface area contributed by atoms with Crippen LogP contribution in [0.1, 0.15) is 11.1 Å². The third-order valence-electron chi connectivity index (χ3n) is 4.11. The van der Waals surface area contributed by atoms with Gasteiger partial charge in [0.05, 0.1) is 12.8 Å². The van der Waals surface area contributed by atoms with E-state index in [1.165, 1.54) is 0 Å². The minimum atomic E-state index is -0.924. The molecule has 0 bridgehead atoms. The molecule has 4 heteroatoms. The molecule has 0 unspecified atom stereocenters. The van der Waals surface area contributed by atoms with Gasteiger partial charge in [-0.2, -0.15) is 0 Å². The Balaban J connectivity index is 2.33. The summed E-state index contributed by atoms with van der Waals surface area (Å²) in [6.07, 6.45) is 0. The first-order chi connectivity index (χ1) is 10.2. The van der Waals surface area contributed by atoms with Crippen molar-refractivity contribution >= 4 is 11.4 Å². The Morgan fingerprint density at radius 1 is 0.857 bits per heavy atom. The van der Waals surface area contributed by atoms with Crippen molar-refractivity contribution in [3.8, 4) is 5.75 Å². The summed E-state index contributed by atoms with van der Waals surface area (Å²) in [5.41, 5.74) is 4.03. The van der Waals surface area contributed by atoms with Crippen LogP contribution in [-0.2, 0) is 15.3 Å². The third kappa shape index (κ3) is 1.83. The lowest BCUT2D eigenvalue weighted by Crippen LogP contribution is -2.38. The summed E-state index contributed by atoms with van der Waals surface area (Å²) in [4.78, 5) is 2.14. The predicted molar refractivity (Wildman–Crippen MR) is 82.3 cm³/mol. The molecule has 0 atom stereocenters. The molecule has 0 aliphatic carbocycles. The highest BCUT2D eigenvalue weighted by Gasteiger charge is 2.43. The van der Waals surface area contributed by atoms with Gasteiger partial charge in [-0.1, -0.05) is 18.2 Å². The minimum absolute atomic E-state index is 0.778. The second kappa shape index (κ2) is 5.06. The zero-order chi connectivity index (χ0) is 15.0. The summed E-state index contributed by atoms with van der Waals surface area (Å²) >= 11 is 0. The lowest BCUT2D eigenvalue weighted by atomic mass is 9.89. The molecular formula is C17H19NO3. The quantitative estimate of drug-likeness (QED) is 0.810. The molecule has 0 aromatic heterocycles. The SMILES string of the molecule is COc1ccc2c(c1)C(OC)(OC)c1ccccc1N2C. The Morgan fingerprint density at radius 3 is 2.19 bits per heavy atom. The molecule has 0 N–H and O–H groups in total. The van der Waals surface area contributed by atoms with Gasteiger partial charge >= 0.3 is 0 Å². The normalized spacial score (nSPS) is 15.3. The number of anilines is 2. The average Bonchev–Trinajstić information content (AvgIpc) is 2.56. The van der Waals surface area contributed by atoms with Crippen LogP contribution in [0.3, 0.4) is 0 Å². The molecule has 110 valence electrons. The molecule has 1 aliphatic heterocycles. The van der Waals surface area contributed by atoms with E-state index in [9.17, 15) is 0 Å². The summed E-state index contributed by atoms with van der Waals surface area (Å²) in [6.45, 7) is 0. The Labute approximate surface area is 124 Å². The van der Waals surface area contributed by atoms with Crippen molar-refractivity contribution in [3.63, 3.8) is 0 Å². The van der Waals surface area contributed by atoms with Crippen molar-refractivity contribution in [1.82, 2.24) is 0 Å². The highest BCUT2D eigenvalue weighted by atomic mass is 16.7. The molecule has 0 amide bonds. The van der Waals surface area contributed by atoms with Crippen molar-refractivity contribution in [2.45, 2.75) is 5.79 Å². The fraction of sp³-hybridized carbons (Fsp3) is 0.294. The first kappa shape index (κ1) is 13.9. The fourth-order valence-corrected chi connectivity index (χ4v) is 3.04. The predicted octanol–water partition coefficient (Wildman–Crippen LogP) is 3.27. The monoisotopic (exact) mass is 285 g/mol. The van der Waals surface area contributed by atoms with Crippen LogP contribution in [0, 0.1) is 0 Å². The second-order valence-electron chi connectivity index (χ2n) is 4.98. The van der Waals surface area contributed by atoms with Gasteiger partial charge in [0.15, 0.2) is 0 Å². The van der Waals surface area contributed by atoms with Crippen LogP contribution in [0.5, 0.6) is 5.75 Å². The number of nitrogens with zero attached hydrogens (tertiary/aromatic N) is 1. The summed E-state index contributed by atoms with van der Waals surface area (Å²) in [7, 11) is 7.02. The zero-order valence-corrected chi connectivity index (χ0v) is 12.7. The van der Waals surface area contributed by atoms with Crippen LogP contribution < -0.4 is 9.64 Å². The topological polar surface area (TPSA) is 30.9 Å². The molecule has 0 saturated heterocycles. The molecule has 1 aliphatic rings. The van der Waals surface area contributed by atoms with Crippen molar-refractivity contribution in [2.75, 3.05) is 33.3 Å². The standard InChI is InChI=1S/C17H19NO3/c1-18-15-8-6-5-7-13(15)17(20-3,21-4)14-11-12(19-2)9-10-16(14)18/h5-11H,1-4H3. The van der Waals surface area contributed by atoms with E-state index < -0.39 is 5.79 Å². The van der Waals surface area contributed by atoms with E-state index in [0.29, 0.717) is 0 Å². The van der Waals surface area contributed by atoms with E-state index >= 15 is 0 Å². The molecule has 2 aromatic rings. The number of benzene rings is 2. The lowest BCUT2D eigenvalue weighted by molar-refractivity contribution is -0.183. The number of hydrogen-bond acceptors (Lipinski definition) is 4. The molecule has 2 aromatic carbocycles. The van der Waals surface area contributed by atoms with Crippen molar-refractivity contribution in [2.24, 2.45) is 0 Å². The largest absolute Gasteiger partial charge is 0.497 e. The van der Waals surface area contributed by atoms with E-state index in [0.717, 1.165) is 28.3 Å². The second-order valence-corrected chi connectivity index (χ2v) is 4.98. The van der Waals surface area contributed by atoms with Crippen molar-refractivity contribution < 1.29 is 14.2 Å². The number of para-hydroxylation sites is 1. The van der Waals surface area contributed by atoms with E-state index in [1.54, 1.807) is 21.3 Å². The molecule has 0 spiro atoms. The number of ether oxygens (including phenoxy) is 3.